The van der Waals surface area contributed by atoms with Gasteiger partial charge in [-0.15, -0.1) is 0 Å². The zero-order valence-corrected chi connectivity index (χ0v) is 34.0. The molecule has 262 valence electrons. The van der Waals surface area contributed by atoms with Gasteiger partial charge in [0.25, 0.3) is 0 Å². The number of hydrogen-bond donors (Lipinski definition) is 2. The van der Waals surface area contributed by atoms with Crippen LogP contribution in [0, 0.1) is 21.7 Å². The molecule has 0 radical (unpaired) electrons. The average Bonchev–Trinajstić information content (AvgIpc) is 2.71. The number of benzene rings is 2. The second-order valence-corrected chi connectivity index (χ2v) is 22.3. The normalized spacial score (nSPS) is 14.6. The van der Waals surface area contributed by atoms with Crippen LogP contribution in [0.5, 0.6) is 11.5 Å². The van der Waals surface area contributed by atoms with Crippen LogP contribution in [0.2, 0.25) is 0 Å². The van der Waals surface area contributed by atoms with Gasteiger partial charge >= 0.3 is 0 Å². The minimum atomic E-state index is -0.263. The fourth-order valence-electron chi connectivity index (χ4n) is 9.33. The summed E-state index contributed by atoms with van der Waals surface area (Å²) in [6, 6.07) is 8.72. The summed E-state index contributed by atoms with van der Waals surface area (Å²) in [5.41, 5.74) is 5.73. The van der Waals surface area contributed by atoms with E-state index in [0.29, 0.717) is 0 Å². The minimum absolute atomic E-state index is 0.0739. The molecule has 0 aliphatic heterocycles. The van der Waals surface area contributed by atoms with E-state index < -0.39 is 0 Å². The van der Waals surface area contributed by atoms with Crippen molar-refractivity contribution < 1.29 is 10.2 Å². The second-order valence-electron chi connectivity index (χ2n) is 22.3. The van der Waals surface area contributed by atoms with Crippen LogP contribution in [0.15, 0.2) is 24.3 Å². The Hall–Kier alpha value is -1.96. The van der Waals surface area contributed by atoms with Crippen LogP contribution < -0.4 is 0 Å². The van der Waals surface area contributed by atoms with E-state index in [0.717, 1.165) is 59.1 Å². The van der Waals surface area contributed by atoms with Crippen molar-refractivity contribution in [3.05, 3.63) is 46.5 Å². The molecular weight excluding hydrogens is 560 g/mol. The highest BCUT2D eigenvalue weighted by Gasteiger charge is 2.39. The van der Waals surface area contributed by atoms with E-state index in [1.54, 1.807) is 0 Å². The third kappa shape index (κ3) is 10.5. The van der Waals surface area contributed by atoms with Crippen molar-refractivity contribution in [3.63, 3.8) is 0 Å². The van der Waals surface area contributed by atoms with E-state index in [-0.39, 0.29) is 54.8 Å². The van der Waals surface area contributed by atoms with Crippen LogP contribution in [0.3, 0.4) is 0 Å². The van der Waals surface area contributed by atoms with Gasteiger partial charge in [-0.3, -0.25) is 0 Å². The Morgan fingerprint density at radius 1 is 0.348 bits per heavy atom. The van der Waals surface area contributed by atoms with Gasteiger partial charge < -0.3 is 10.2 Å². The molecule has 0 fully saturated rings. The lowest BCUT2D eigenvalue weighted by Crippen LogP contribution is -2.30. The number of rotatable bonds is 9. The monoisotopic (exact) mass is 635 g/mol. The zero-order valence-electron chi connectivity index (χ0n) is 34.0. The van der Waals surface area contributed by atoms with Gasteiger partial charge in [-0.1, -0.05) is 151 Å². The van der Waals surface area contributed by atoms with Crippen LogP contribution in [0.1, 0.15) is 186 Å². The molecule has 46 heavy (non-hydrogen) atoms. The molecule has 2 rings (SSSR count). The molecule has 0 aromatic heterocycles. The molecule has 2 nitrogen and oxygen atoms in total. The molecule has 0 amide bonds. The second kappa shape index (κ2) is 12.5. The fourth-order valence-corrected chi connectivity index (χ4v) is 9.33. The highest BCUT2D eigenvalue weighted by Crippen LogP contribution is 2.54. The number of phenols is 2. The molecule has 0 saturated carbocycles. The third-order valence-corrected chi connectivity index (χ3v) is 9.40. The number of aromatic hydroxyl groups is 2. The van der Waals surface area contributed by atoms with E-state index in [1.165, 1.54) is 0 Å². The SMILES string of the molecule is CC(C)(C)CC(C)(C)c1cc(O)c(-c2c(O)cc(C(C)(C)CC(C)(C)C)cc2C(C)(C)CC(C)(C)C)c(C(C)(C)CC(C)(C)C)c1. The van der Waals surface area contributed by atoms with Crippen LogP contribution >= 0.6 is 0 Å². The molecule has 2 N–H and O–H groups in total. The predicted octanol–water partition coefficient (Wildman–Crippen LogP) is 13.6. The standard InChI is InChI=1S/C44H74O2/c1-37(2,3)25-41(13,14)29-21-31(43(17,18)27-39(7,8)9)35(33(45)23-29)36-32(44(19,20)28-40(10,11)12)22-30(24-34(36)46)42(15,16)26-38(4,5)6/h21-24,45-46H,25-28H2,1-20H3. The van der Waals surface area contributed by atoms with E-state index in [1.807, 2.05) is 12.1 Å². The first kappa shape index (κ1) is 40.2. The molecule has 0 saturated heterocycles. The molecular formula is C44H74O2. The topological polar surface area (TPSA) is 40.5 Å². The average molecular weight is 635 g/mol. The predicted molar refractivity (Wildman–Crippen MR) is 204 cm³/mol. The summed E-state index contributed by atoms with van der Waals surface area (Å²) in [5, 5.41) is 24.5. The van der Waals surface area contributed by atoms with Gasteiger partial charge in [-0.2, -0.15) is 0 Å². The van der Waals surface area contributed by atoms with Crippen molar-refractivity contribution in [2.45, 2.75) is 186 Å². The first-order chi connectivity index (χ1) is 20.1. The zero-order chi connectivity index (χ0) is 36.3. The van der Waals surface area contributed by atoms with Gasteiger partial charge in [0.2, 0.25) is 0 Å². The van der Waals surface area contributed by atoms with Crippen LogP contribution in [-0.4, -0.2) is 10.2 Å². The molecule has 0 atom stereocenters. The maximum absolute atomic E-state index is 12.3. The van der Waals surface area contributed by atoms with Crippen LogP contribution in [-0.2, 0) is 21.7 Å². The Morgan fingerprint density at radius 3 is 0.783 bits per heavy atom. The Labute approximate surface area is 286 Å². The fraction of sp³-hybridized carbons (Fsp3) is 0.727. The van der Waals surface area contributed by atoms with Gasteiger partial charge in [0.1, 0.15) is 11.5 Å². The van der Waals surface area contributed by atoms with E-state index in [2.05, 4.69) is 151 Å². The van der Waals surface area contributed by atoms with Crippen molar-refractivity contribution in [2.75, 3.05) is 0 Å². The summed E-state index contributed by atoms with van der Waals surface area (Å²) >= 11 is 0. The first-order valence-electron chi connectivity index (χ1n) is 17.8. The molecule has 2 heteroatoms. The Kier molecular flexibility index (Phi) is 10.9. The largest absolute Gasteiger partial charge is 0.507 e. The molecule has 0 aliphatic carbocycles. The molecule has 0 bridgehead atoms. The van der Waals surface area contributed by atoms with Crippen molar-refractivity contribution in [2.24, 2.45) is 21.7 Å². The number of phenolic OH excluding ortho intramolecular Hbond substituents is 2. The molecule has 2 aromatic carbocycles. The lowest BCUT2D eigenvalue weighted by Gasteiger charge is -2.40. The highest BCUT2D eigenvalue weighted by molar-refractivity contribution is 5.84. The van der Waals surface area contributed by atoms with Gasteiger partial charge in [-0.05, 0) is 103 Å². The van der Waals surface area contributed by atoms with Gasteiger partial charge in [0, 0.05) is 11.1 Å². The van der Waals surface area contributed by atoms with Crippen LogP contribution in [0.4, 0.5) is 0 Å². The Morgan fingerprint density at radius 2 is 0.565 bits per heavy atom. The Balaban J connectivity index is 3.18. The third-order valence-electron chi connectivity index (χ3n) is 9.40. The number of hydrogen-bond acceptors (Lipinski definition) is 2. The summed E-state index contributed by atoms with van der Waals surface area (Å²) in [7, 11) is 0. The summed E-state index contributed by atoms with van der Waals surface area (Å²) in [6.07, 6.45) is 3.86. The van der Waals surface area contributed by atoms with Crippen molar-refractivity contribution >= 4 is 0 Å². The highest BCUT2D eigenvalue weighted by atomic mass is 16.3. The first-order valence-corrected chi connectivity index (χ1v) is 17.8. The quantitative estimate of drug-likeness (QED) is 0.288. The molecule has 0 heterocycles. The summed E-state index contributed by atoms with van der Waals surface area (Å²) in [6.45, 7) is 46.0. The lowest BCUT2D eigenvalue weighted by molar-refractivity contribution is 0.275. The van der Waals surface area contributed by atoms with Gasteiger partial charge in [0.05, 0.1) is 0 Å². The summed E-state index contributed by atoms with van der Waals surface area (Å²) in [5.74, 6) is 0.530. The van der Waals surface area contributed by atoms with Crippen molar-refractivity contribution in [1.82, 2.24) is 0 Å². The van der Waals surface area contributed by atoms with Gasteiger partial charge in [0.15, 0.2) is 0 Å². The van der Waals surface area contributed by atoms with Crippen molar-refractivity contribution in [3.8, 4) is 22.6 Å². The van der Waals surface area contributed by atoms with Crippen LogP contribution in [0.25, 0.3) is 11.1 Å². The van der Waals surface area contributed by atoms with E-state index >= 15 is 0 Å². The molecule has 0 spiro atoms. The van der Waals surface area contributed by atoms with Crippen molar-refractivity contribution in [1.29, 1.82) is 0 Å². The maximum atomic E-state index is 12.3. The molecule has 2 aromatic rings. The molecule has 0 aliphatic rings. The maximum Gasteiger partial charge on any atom is 0.124 e. The van der Waals surface area contributed by atoms with Gasteiger partial charge in [-0.25, -0.2) is 0 Å². The summed E-state index contributed by atoms with van der Waals surface area (Å²) < 4.78 is 0. The van der Waals surface area contributed by atoms with E-state index in [9.17, 15) is 10.2 Å². The summed E-state index contributed by atoms with van der Waals surface area (Å²) in [4.78, 5) is 0. The smallest absolute Gasteiger partial charge is 0.124 e. The minimum Gasteiger partial charge on any atom is -0.507 e. The van der Waals surface area contributed by atoms with E-state index in [4.69, 9.17) is 0 Å². The Bertz CT molecular complexity index is 1260. The molecule has 0 unspecified atom stereocenters. The lowest BCUT2D eigenvalue weighted by atomic mass is 9.64.